The van der Waals surface area contributed by atoms with Crippen LogP contribution in [0.5, 0.6) is 0 Å². The Morgan fingerprint density at radius 1 is 1.12 bits per heavy atom. The Kier molecular flexibility index (Phi) is 9.31. The molecule has 1 saturated carbocycles. The van der Waals surface area contributed by atoms with Crippen molar-refractivity contribution < 1.29 is 26.9 Å². The highest BCUT2D eigenvalue weighted by molar-refractivity contribution is 7.82. The topological polar surface area (TPSA) is 49.9 Å². The van der Waals surface area contributed by atoms with Gasteiger partial charge in [-0.3, -0.25) is 9.69 Å². The zero-order valence-electron chi connectivity index (χ0n) is 19.6. The van der Waals surface area contributed by atoms with Crippen LogP contribution in [0.3, 0.4) is 0 Å². The van der Waals surface area contributed by atoms with E-state index in [0.717, 1.165) is 25.0 Å². The third kappa shape index (κ3) is 6.32. The number of alkyl halides is 3. The van der Waals surface area contributed by atoms with Gasteiger partial charge in [-0.15, -0.1) is 0 Å². The molecule has 5 nitrogen and oxygen atoms in total. The summed E-state index contributed by atoms with van der Waals surface area (Å²) < 4.78 is 59.6. The van der Waals surface area contributed by atoms with Gasteiger partial charge >= 0.3 is 12.1 Å². The lowest BCUT2D eigenvalue weighted by atomic mass is 9.96. The fourth-order valence-electron chi connectivity index (χ4n) is 3.92. The number of halogens is 3. The number of ether oxygens (including phenoxy) is 1. The van der Waals surface area contributed by atoms with Crippen LogP contribution in [0.4, 0.5) is 13.2 Å². The fourth-order valence-corrected chi connectivity index (χ4v) is 5.55. The number of carbonyl (C=O) groups is 1. The maximum absolute atomic E-state index is 13.3. The molecule has 9 heteroatoms. The predicted octanol–water partition coefficient (Wildman–Crippen LogP) is 5.02. The molecule has 0 bridgehead atoms. The quantitative estimate of drug-likeness (QED) is 0.519. The van der Waals surface area contributed by atoms with Crippen molar-refractivity contribution >= 4 is 17.0 Å². The van der Waals surface area contributed by atoms with Crippen molar-refractivity contribution in [3.63, 3.8) is 0 Å². The molecule has 1 unspecified atom stereocenters. The SMILES string of the molecule is CC.CCOC(=O)C(C)(C)N1CCC(N(C2CC2)S(=O)c2cccc(C(F)(F)F)c2)CC1. The lowest BCUT2D eigenvalue weighted by molar-refractivity contribution is -0.156. The van der Waals surface area contributed by atoms with Crippen molar-refractivity contribution in [1.29, 1.82) is 0 Å². The molecule has 1 aliphatic heterocycles. The monoisotopic (exact) mass is 476 g/mol. The minimum atomic E-state index is -4.46. The Labute approximate surface area is 191 Å². The van der Waals surface area contributed by atoms with Crippen LogP contribution in [-0.2, 0) is 26.7 Å². The highest BCUT2D eigenvalue weighted by Crippen LogP contribution is 2.37. The summed E-state index contributed by atoms with van der Waals surface area (Å²) in [4.78, 5) is 14.5. The van der Waals surface area contributed by atoms with E-state index in [4.69, 9.17) is 4.74 Å². The summed E-state index contributed by atoms with van der Waals surface area (Å²) in [6.07, 6.45) is -1.26. The molecule has 0 aromatic heterocycles. The third-order valence-corrected chi connectivity index (χ3v) is 7.49. The Bertz CT molecular complexity index is 789. The smallest absolute Gasteiger partial charge is 0.416 e. The lowest BCUT2D eigenvalue weighted by Crippen LogP contribution is -2.56. The number of piperidine rings is 1. The average Bonchev–Trinajstić information content (AvgIpc) is 3.60. The minimum Gasteiger partial charge on any atom is -0.465 e. The van der Waals surface area contributed by atoms with Gasteiger partial charge in [0.1, 0.15) is 16.5 Å². The molecule has 0 radical (unpaired) electrons. The molecule has 3 rings (SSSR count). The van der Waals surface area contributed by atoms with E-state index in [-0.39, 0.29) is 22.9 Å². The van der Waals surface area contributed by atoms with Crippen LogP contribution < -0.4 is 0 Å². The van der Waals surface area contributed by atoms with Gasteiger partial charge in [0.05, 0.1) is 17.1 Å². The maximum atomic E-state index is 13.3. The standard InChI is InChI=1S/C21H29F3N2O3S.C2H6/c1-4-29-19(27)20(2,3)25-12-10-17(11-13-25)26(16-8-9-16)30(28)18-7-5-6-15(14-18)21(22,23)24;1-2/h5-7,14,16-17H,4,8-13H2,1-3H3;1-2H3. The number of benzene rings is 1. The van der Waals surface area contributed by atoms with E-state index in [1.54, 1.807) is 6.92 Å². The summed E-state index contributed by atoms with van der Waals surface area (Å²) in [5.74, 6) is -0.268. The first-order valence-electron chi connectivity index (χ1n) is 11.4. The number of likely N-dealkylation sites (tertiary alicyclic amines) is 1. The number of hydrogen-bond acceptors (Lipinski definition) is 4. The van der Waals surface area contributed by atoms with E-state index in [9.17, 15) is 22.2 Å². The molecule has 182 valence electrons. The minimum absolute atomic E-state index is 0.00196. The molecule has 32 heavy (non-hydrogen) atoms. The molecular formula is C23H35F3N2O3S. The van der Waals surface area contributed by atoms with Gasteiger partial charge in [-0.1, -0.05) is 19.9 Å². The molecule has 0 amide bonds. The molecule has 0 spiro atoms. The second kappa shape index (κ2) is 11.1. The van der Waals surface area contributed by atoms with E-state index >= 15 is 0 Å². The summed E-state index contributed by atoms with van der Waals surface area (Å²) in [6.45, 7) is 11.1. The van der Waals surface area contributed by atoms with Crippen LogP contribution in [0.15, 0.2) is 29.2 Å². The van der Waals surface area contributed by atoms with Crippen molar-refractivity contribution in [2.75, 3.05) is 19.7 Å². The molecule has 1 saturated heterocycles. The number of nitrogens with zero attached hydrogens (tertiary/aromatic N) is 2. The van der Waals surface area contributed by atoms with E-state index < -0.39 is 28.3 Å². The first kappa shape index (κ1) is 26.8. The van der Waals surface area contributed by atoms with E-state index in [1.165, 1.54) is 12.1 Å². The van der Waals surface area contributed by atoms with Crippen molar-refractivity contribution in [2.45, 2.75) is 89.0 Å². The van der Waals surface area contributed by atoms with Crippen LogP contribution >= 0.6 is 0 Å². The highest BCUT2D eigenvalue weighted by Gasteiger charge is 2.43. The number of hydrogen-bond donors (Lipinski definition) is 0. The van der Waals surface area contributed by atoms with Gasteiger partial charge in [0.25, 0.3) is 0 Å². The van der Waals surface area contributed by atoms with Crippen molar-refractivity contribution in [1.82, 2.24) is 9.21 Å². The lowest BCUT2D eigenvalue weighted by Gasteiger charge is -2.43. The Balaban J connectivity index is 0.00000176. The van der Waals surface area contributed by atoms with E-state index in [0.29, 0.717) is 32.5 Å². The van der Waals surface area contributed by atoms with Crippen molar-refractivity contribution in [3.8, 4) is 0 Å². The number of carbonyl (C=O) groups excluding carboxylic acids is 1. The second-order valence-corrected chi connectivity index (χ2v) is 9.75. The number of rotatable bonds is 7. The van der Waals surface area contributed by atoms with Crippen LogP contribution in [-0.4, -0.2) is 56.7 Å². The van der Waals surface area contributed by atoms with Crippen molar-refractivity contribution in [3.05, 3.63) is 29.8 Å². The van der Waals surface area contributed by atoms with Gasteiger partial charge in [0, 0.05) is 25.2 Å². The fraction of sp³-hybridized carbons (Fsp3) is 0.696. The first-order valence-corrected chi connectivity index (χ1v) is 12.5. The third-order valence-electron chi connectivity index (χ3n) is 5.85. The summed E-state index contributed by atoms with van der Waals surface area (Å²) in [6, 6.07) is 4.94. The molecule has 1 aliphatic carbocycles. The summed E-state index contributed by atoms with van der Waals surface area (Å²) in [5.41, 5.74) is -1.53. The first-order chi connectivity index (χ1) is 15.1. The molecule has 2 fully saturated rings. The number of esters is 1. The van der Waals surface area contributed by atoms with Gasteiger partial charge in [-0.05, 0) is 64.7 Å². The van der Waals surface area contributed by atoms with Gasteiger partial charge in [0.2, 0.25) is 0 Å². The van der Waals surface area contributed by atoms with Crippen LogP contribution in [0.25, 0.3) is 0 Å². The predicted molar refractivity (Wildman–Crippen MR) is 119 cm³/mol. The van der Waals surface area contributed by atoms with Crippen LogP contribution in [0.1, 0.15) is 65.9 Å². The Hall–Kier alpha value is -1.45. The van der Waals surface area contributed by atoms with Crippen LogP contribution in [0, 0.1) is 0 Å². The molecule has 1 atom stereocenters. The molecule has 1 aromatic carbocycles. The average molecular weight is 477 g/mol. The molecule has 0 N–H and O–H groups in total. The highest BCUT2D eigenvalue weighted by atomic mass is 32.2. The molecule has 2 aliphatic rings. The van der Waals surface area contributed by atoms with Crippen molar-refractivity contribution in [2.24, 2.45) is 0 Å². The second-order valence-electron chi connectivity index (χ2n) is 8.36. The van der Waals surface area contributed by atoms with Gasteiger partial charge < -0.3 is 4.74 Å². The zero-order valence-corrected chi connectivity index (χ0v) is 20.4. The molecule has 1 heterocycles. The van der Waals surface area contributed by atoms with Gasteiger partial charge in [-0.25, -0.2) is 8.51 Å². The Morgan fingerprint density at radius 2 is 1.69 bits per heavy atom. The van der Waals surface area contributed by atoms with Crippen LogP contribution in [0.2, 0.25) is 0 Å². The summed E-state index contributed by atoms with van der Waals surface area (Å²) in [5, 5.41) is 0. The molecule has 1 aromatic rings. The molecular weight excluding hydrogens is 441 g/mol. The van der Waals surface area contributed by atoms with Gasteiger partial charge in [-0.2, -0.15) is 13.2 Å². The van der Waals surface area contributed by atoms with E-state index in [1.807, 2.05) is 32.0 Å². The summed E-state index contributed by atoms with van der Waals surface area (Å²) >= 11 is 0. The Morgan fingerprint density at radius 3 is 2.19 bits per heavy atom. The zero-order chi connectivity index (χ0) is 24.1. The maximum Gasteiger partial charge on any atom is 0.416 e. The normalized spacial score (nSPS) is 19.3. The van der Waals surface area contributed by atoms with E-state index in [2.05, 4.69) is 4.90 Å². The largest absolute Gasteiger partial charge is 0.465 e. The summed E-state index contributed by atoms with van der Waals surface area (Å²) in [7, 11) is -1.65. The van der Waals surface area contributed by atoms with Gasteiger partial charge in [0.15, 0.2) is 0 Å².